The summed E-state index contributed by atoms with van der Waals surface area (Å²) in [6.45, 7) is 1.64. The van der Waals surface area contributed by atoms with Gasteiger partial charge in [-0.25, -0.2) is 0 Å². The number of benzene rings is 2. The molecule has 1 saturated heterocycles. The molecule has 0 bridgehead atoms. The summed E-state index contributed by atoms with van der Waals surface area (Å²) in [5, 5.41) is 2.79. The second kappa shape index (κ2) is 8.57. The number of anilines is 1. The zero-order chi connectivity index (χ0) is 25.8. The van der Waals surface area contributed by atoms with Crippen molar-refractivity contribution in [2.45, 2.75) is 43.8 Å². The highest BCUT2D eigenvalue weighted by Gasteiger charge is 2.50. The Morgan fingerprint density at radius 2 is 1.92 bits per heavy atom. The number of amides is 2. The van der Waals surface area contributed by atoms with Gasteiger partial charge in [0.15, 0.2) is 5.75 Å². The van der Waals surface area contributed by atoms with E-state index in [0.717, 1.165) is 11.6 Å². The van der Waals surface area contributed by atoms with E-state index in [1.165, 1.54) is 17.9 Å². The molecule has 13 heteroatoms. The number of ether oxygens (including phenoxy) is 2. The van der Waals surface area contributed by atoms with Crippen molar-refractivity contribution in [3.63, 3.8) is 0 Å². The van der Waals surface area contributed by atoms with Gasteiger partial charge >= 0.3 is 15.6 Å². The van der Waals surface area contributed by atoms with Gasteiger partial charge in [-0.05, 0) is 42.7 Å². The molecule has 3 aliphatic rings. The molecule has 0 radical (unpaired) electrons. The molecule has 3 heterocycles. The van der Waals surface area contributed by atoms with Gasteiger partial charge in [0.25, 0.3) is 5.91 Å². The molecule has 0 saturated carbocycles. The first-order chi connectivity index (χ1) is 16.9. The van der Waals surface area contributed by atoms with Gasteiger partial charge in [0.1, 0.15) is 29.8 Å². The standard InChI is InChI=1S/C23H21F3N2O7S/c1-12-6-18-21(19(7-12)35-36(31,32)23(24,25)26)22(30)28-10-16(8-14(28)11-33-18)34-15-4-2-13-3-5-20(29)27-17(13)9-15/h2,4,6-7,9,14,16H,3,5,8,10-11H2,1H3,(H,27,29)/t14-,16+/m1/s1. The summed E-state index contributed by atoms with van der Waals surface area (Å²) in [7, 11) is -6.00. The summed E-state index contributed by atoms with van der Waals surface area (Å²) >= 11 is 0. The van der Waals surface area contributed by atoms with Crippen molar-refractivity contribution in [3.05, 3.63) is 47.0 Å². The van der Waals surface area contributed by atoms with Crippen LogP contribution in [0.2, 0.25) is 0 Å². The summed E-state index contributed by atoms with van der Waals surface area (Å²) in [5.41, 5.74) is -4.06. The van der Waals surface area contributed by atoms with Crippen LogP contribution >= 0.6 is 0 Å². The molecule has 0 spiro atoms. The minimum Gasteiger partial charge on any atom is -0.490 e. The maximum atomic E-state index is 13.4. The number of fused-ring (bicyclic) bond motifs is 3. The van der Waals surface area contributed by atoms with Gasteiger partial charge in [0.05, 0.1) is 12.6 Å². The molecule has 1 fully saturated rings. The summed E-state index contributed by atoms with van der Waals surface area (Å²) in [6.07, 6.45) is 0.945. The van der Waals surface area contributed by atoms with Crippen LogP contribution in [-0.4, -0.2) is 55.9 Å². The molecule has 2 aromatic rings. The number of alkyl halides is 3. The first-order valence-electron chi connectivity index (χ1n) is 11.1. The maximum Gasteiger partial charge on any atom is 0.534 e. The van der Waals surface area contributed by atoms with Crippen molar-refractivity contribution in [1.29, 1.82) is 0 Å². The third kappa shape index (κ3) is 4.43. The van der Waals surface area contributed by atoms with Gasteiger partial charge in [-0.15, -0.1) is 0 Å². The van der Waals surface area contributed by atoms with E-state index >= 15 is 0 Å². The normalized spacial score (nSPS) is 21.5. The molecule has 0 unspecified atom stereocenters. The van der Waals surface area contributed by atoms with E-state index in [0.29, 0.717) is 36.3 Å². The van der Waals surface area contributed by atoms with Crippen LogP contribution in [0.4, 0.5) is 18.9 Å². The lowest BCUT2D eigenvalue weighted by Gasteiger charge is -2.21. The Balaban J connectivity index is 1.39. The van der Waals surface area contributed by atoms with E-state index < -0.39 is 45.0 Å². The van der Waals surface area contributed by atoms with Crippen LogP contribution in [0, 0.1) is 6.92 Å². The third-order valence-corrected chi connectivity index (χ3v) is 7.22. The van der Waals surface area contributed by atoms with Crippen molar-refractivity contribution in [1.82, 2.24) is 4.90 Å². The summed E-state index contributed by atoms with van der Waals surface area (Å²) < 4.78 is 78.3. The fourth-order valence-corrected chi connectivity index (χ4v) is 5.05. The molecule has 0 aliphatic carbocycles. The van der Waals surface area contributed by atoms with E-state index in [9.17, 15) is 31.2 Å². The van der Waals surface area contributed by atoms with Crippen molar-refractivity contribution < 1.29 is 44.8 Å². The highest BCUT2D eigenvalue weighted by atomic mass is 32.2. The fraction of sp³-hybridized carbons (Fsp3) is 0.391. The van der Waals surface area contributed by atoms with E-state index in [2.05, 4.69) is 9.50 Å². The molecule has 2 amide bonds. The number of aryl methyl sites for hydroxylation is 2. The van der Waals surface area contributed by atoms with Crippen LogP contribution in [0.3, 0.4) is 0 Å². The van der Waals surface area contributed by atoms with E-state index in [-0.39, 0.29) is 24.8 Å². The number of halogens is 3. The quantitative estimate of drug-likeness (QED) is 0.481. The molecule has 3 aliphatic heterocycles. The molecule has 192 valence electrons. The molecule has 9 nitrogen and oxygen atoms in total. The highest BCUT2D eigenvalue weighted by Crippen LogP contribution is 2.39. The van der Waals surface area contributed by atoms with E-state index in [4.69, 9.17) is 9.47 Å². The average Bonchev–Trinajstić information content (AvgIpc) is 3.13. The van der Waals surface area contributed by atoms with E-state index in [1.54, 1.807) is 12.1 Å². The maximum absolute atomic E-state index is 13.4. The summed E-state index contributed by atoms with van der Waals surface area (Å²) in [5.74, 6) is -1.12. The number of nitrogens with zero attached hydrogens (tertiary/aromatic N) is 1. The number of hydrogen-bond acceptors (Lipinski definition) is 7. The van der Waals surface area contributed by atoms with Crippen LogP contribution in [0.5, 0.6) is 17.2 Å². The van der Waals surface area contributed by atoms with Crippen molar-refractivity contribution in [2.24, 2.45) is 0 Å². The number of rotatable bonds is 4. The van der Waals surface area contributed by atoms with Crippen molar-refractivity contribution >= 4 is 27.6 Å². The molecule has 36 heavy (non-hydrogen) atoms. The van der Waals surface area contributed by atoms with Gasteiger partial charge in [-0.3, -0.25) is 9.59 Å². The molecule has 2 aromatic carbocycles. The first kappa shape index (κ1) is 24.2. The van der Waals surface area contributed by atoms with Crippen molar-refractivity contribution in [2.75, 3.05) is 18.5 Å². The number of carbonyl (C=O) groups excluding carboxylic acids is 2. The predicted octanol–water partition coefficient (Wildman–Crippen LogP) is 3.16. The van der Waals surface area contributed by atoms with Gasteiger partial charge in [0, 0.05) is 24.6 Å². The van der Waals surface area contributed by atoms with Crippen LogP contribution in [0.1, 0.15) is 34.3 Å². The SMILES string of the molecule is Cc1cc2c(c(OS(=O)(=O)C(F)(F)F)c1)C(=O)N1C[C@@H](Oc3ccc4c(c3)NC(=O)CC4)C[C@@H]1CO2. The van der Waals surface area contributed by atoms with E-state index in [1.807, 2.05) is 6.07 Å². The lowest BCUT2D eigenvalue weighted by molar-refractivity contribution is -0.116. The minimum absolute atomic E-state index is 0.0355. The summed E-state index contributed by atoms with van der Waals surface area (Å²) in [4.78, 5) is 26.5. The Hall–Kier alpha value is -3.48. The van der Waals surface area contributed by atoms with Crippen LogP contribution in [0.15, 0.2) is 30.3 Å². The largest absolute Gasteiger partial charge is 0.534 e. The predicted molar refractivity (Wildman–Crippen MR) is 120 cm³/mol. The Morgan fingerprint density at radius 3 is 2.67 bits per heavy atom. The third-order valence-electron chi connectivity index (χ3n) is 6.25. The van der Waals surface area contributed by atoms with Gasteiger partial charge < -0.3 is 23.9 Å². The lowest BCUT2D eigenvalue weighted by Crippen LogP contribution is -2.37. The smallest absolute Gasteiger partial charge is 0.490 e. The zero-order valence-electron chi connectivity index (χ0n) is 18.9. The highest BCUT2D eigenvalue weighted by molar-refractivity contribution is 7.88. The topological polar surface area (TPSA) is 111 Å². The van der Waals surface area contributed by atoms with Crippen LogP contribution < -0.4 is 19.0 Å². The molecule has 0 aromatic heterocycles. The Kier molecular flexibility index (Phi) is 5.77. The first-order valence-corrected chi connectivity index (χ1v) is 12.5. The number of hydrogen-bond donors (Lipinski definition) is 1. The monoisotopic (exact) mass is 526 g/mol. The molecule has 1 N–H and O–H groups in total. The van der Waals surface area contributed by atoms with Gasteiger partial charge in [0.2, 0.25) is 5.91 Å². The Morgan fingerprint density at radius 1 is 1.14 bits per heavy atom. The average molecular weight is 526 g/mol. The fourth-order valence-electron chi connectivity index (χ4n) is 4.59. The van der Waals surface area contributed by atoms with Gasteiger partial charge in [-0.2, -0.15) is 21.6 Å². The number of carbonyl (C=O) groups is 2. The molecular formula is C23H21F3N2O7S. The second-order valence-electron chi connectivity index (χ2n) is 8.88. The summed E-state index contributed by atoms with van der Waals surface area (Å²) in [6, 6.07) is 7.37. The van der Waals surface area contributed by atoms with Crippen LogP contribution in [-0.2, 0) is 21.3 Å². The van der Waals surface area contributed by atoms with Crippen molar-refractivity contribution in [3.8, 4) is 17.2 Å². The molecular weight excluding hydrogens is 505 g/mol. The van der Waals surface area contributed by atoms with Gasteiger partial charge in [-0.1, -0.05) is 6.07 Å². The minimum atomic E-state index is -6.00. The number of nitrogens with one attached hydrogen (secondary N) is 1. The lowest BCUT2D eigenvalue weighted by atomic mass is 10.0. The molecule has 2 atom stereocenters. The van der Waals surface area contributed by atoms with Crippen LogP contribution in [0.25, 0.3) is 0 Å². The zero-order valence-corrected chi connectivity index (χ0v) is 19.7. The second-order valence-corrected chi connectivity index (χ2v) is 10.4. The Labute approximate surface area is 204 Å². The Bertz CT molecular complexity index is 1360. The molecule has 5 rings (SSSR count).